The summed E-state index contributed by atoms with van der Waals surface area (Å²) in [5, 5.41) is 11.3. The van der Waals surface area contributed by atoms with E-state index < -0.39 is 24.5 Å². The molecule has 0 radical (unpaired) electrons. The summed E-state index contributed by atoms with van der Waals surface area (Å²) < 4.78 is 4.43. The van der Waals surface area contributed by atoms with Gasteiger partial charge in [-0.15, -0.1) is 0 Å². The Kier molecular flexibility index (Phi) is 5.60. The second kappa shape index (κ2) is 7.24. The molecule has 0 aromatic heterocycles. The highest BCUT2D eigenvalue weighted by atomic mass is 16.5. The van der Waals surface area contributed by atoms with Gasteiger partial charge in [-0.2, -0.15) is 0 Å². The first-order valence-corrected chi connectivity index (χ1v) is 5.39. The molecule has 1 rings (SSSR count). The number of aliphatic hydroxyl groups is 1. The van der Waals surface area contributed by atoms with E-state index in [0.29, 0.717) is 0 Å². The van der Waals surface area contributed by atoms with Crippen LogP contribution in [0.3, 0.4) is 0 Å². The summed E-state index contributed by atoms with van der Waals surface area (Å²) in [4.78, 5) is 22.6. The summed E-state index contributed by atoms with van der Waals surface area (Å²) in [6.07, 6.45) is 2.90. The van der Waals surface area contributed by atoms with Gasteiger partial charge in [0.05, 0.1) is 13.7 Å². The molecule has 0 saturated carbocycles. The molecule has 5 nitrogen and oxygen atoms in total. The number of hydrogen-bond acceptors (Lipinski definition) is 4. The van der Waals surface area contributed by atoms with Crippen molar-refractivity contribution in [3.8, 4) is 0 Å². The SMILES string of the molecule is COC(=O)[C@H](CO)NC(=O)/C=C/c1ccccc1. The lowest BCUT2D eigenvalue weighted by molar-refractivity contribution is -0.145. The fourth-order valence-corrected chi connectivity index (χ4v) is 1.28. The van der Waals surface area contributed by atoms with Gasteiger partial charge in [0.15, 0.2) is 6.04 Å². The van der Waals surface area contributed by atoms with Gasteiger partial charge >= 0.3 is 5.97 Å². The minimum atomic E-state index is -1.04. The predicted octanol–water partition coefficient (Wildman–Crippen LogP) is 0.350. The maximum Gasteiger partial charge on any atom is 0.330 e. The Balaban J connectivity index is 2.56. The van der Waals surface area contributed by atoms with Crippen LogP contribution in [0.5, 0.6) is 0 Å². The Morgan fingerprint density at radius 2 is 2.06 bits per heavy atom. The van der Waals surface area contributed by atoms with Crippen LogP contribution in [0.15, 0.2) is 36.4 Å². The van der Waals surface area contributed by atoms with Crippen molar-refractivity contribution in [3.05, 3.63) is 42.0 Å². The van der Waals surface area contributed by atoms with Crippen molar-refractivity contribution in [3.63, 3.8) is 0 Å². The summed E-state index contributed by atoms with van der Waals surface area (Å²) >= 11 is 0. The highest BCUT2D eigenvalue weighted by molar-refractivity contribution is 5.94. The maximum absolute atomic E-state index is 11.5. The van der Waals surface area contributed by atoms with Gasteiger partial charge in [-0.3, -0.25) is 4.79 Å². The Morgan fingerprint density at radius 3 is 2.61 bits per heavy atom. The highest BCUT2D eigenvalue weighted by Crippen LogP contribution is 2.00. The van der Waals surface area contributed by atoms with Gasteiger partial charge in [0.25, 0.3) is 0 Å². The van der Waals surface area contributed by atoms with Gasteiger partial charge in [-0.1, -0.05) is 30.3 Å². The Bertz CT molecular complexity index is 428. The average Bonchev–Trinajstić information content (AvgIpc) is 2.42. The first-order chi connectivity index (χ1) is 8.67. The lowest BCUT2D eigenvalue weighted by atomic mass is 10.2. The number of nitrogens with one attached hydrogen (secondary N) is 1. The molecular weight excluding hydrogens is 234 g/mol. The summed E-state index contributed by atoms with van der Waals surface area (Å²) in [6.45, 7) is -0.502. The number of rotatable bonds is 5. The first kappa shape index (κ1) is 13.9. The van der Waals surface area contributed by atoms with E-state index in [1.54, 1.807) is 6.08 Å². The molecule has 18 heavy (non-hydrogen) atoms. The smallest absolute Gasteiger partial charge is 0.330 e. The summed E-state index contributed by atoms with van der Waals surface area (Å²) in [5.74, 6) is -1.15. The molecule has 0 spiro atoms. The zero-order valence-electron chi connectivity index (χ0n) is 10.00. The molecule has 0 aliphatic rings. The molecule has 1 aromatic rings. The fraction of sp³-hybridized carbons (Fsp3) is 0.231. The topological polar surface area (TPSA) is 75.6 Å². The quantitative estimate of drug-likeness (QED) is 0.583. The number of carbonyl (C=O) groups is 2. The number of amides is 1. The van der Waals surface area contributed by atoms with Crippen molar-refractivity contribution < 1.29 is 19.4 Å². The molecule has 1 aromatic carbocycles. The van der Waals surface area contributed by atoms with Gasteiger partial charge in [0.2, 0.25) is 5.91 Å². The molecule has 0 aliphatic carbocycles. The van der Waals surface area contributed by atoms with Crippen LogP contribution in [0.25, 0.3) is 6.08 Å². The number of benzene rings is 1. The second-order valence-corrected chi connectivity index (χ2v) is 3.51. The summed E-state index contributed by atoms with van der Waals surface area (Å²) in [7, 11) is 1.19. The lowest BCUT2D eigenvalue weighted by Gasteiger charge is -2.11. The maximum atomic E-state index is 11.5. The predicted molar refractivity (Wildman–Crippen MR) is 66.5 cm³/mol. The zero-order chi connectivity index (χ0) is 13.4. The van der Waals surface area contributed by atoms with E-state index in [2.05, 4.69) is 10.1 Å². The van der Waals surface area contributed by atoms with Gasteiger partial charge in [0, 0.05) is 6.08 Å². The standard InChI is InChI=1S/C13H15NO4/c1-18-13(17)11(9-15)14-12(16)8-7-10-5-3-2-4-6-10/h2-8,11,15H,9H2,1H3,(H,14,16)/b8-7+/t11-/m0/s1. The molecule has 96 valence electrons. The molecule has 0 fully saturated rings. The monoisotopic (exact) mass is 249 g/mol. The zero-order valence-corrected chi connectivity index (χ0v) is 10.00. The van der Waals surface area contributed by atoms with Gasteiger partial charge in [-0.05, 0) is 11.6 Å². The van der Waals surface area contributed by atoms with Crippen LogP contribution in [0.4, 0.5) is 0 Å². The van der Waals surface area contributed by atoms with Crippen LogP contribution < -0.4 is 5.32 Å². The number of hydrogen-bond donors (Lipinski definition) is 2. The normalized spacial score (nSPS) is 12.1. The van der Waals surface area contributed by atoms with E-state index in [-0.39, 0.29) is 0 Å². The molecule has 0 heterocycles. The van der Waals surface area contributed by atoms with E-state index >= 15 is 0 Å². The first-order valence-electron chi connectivity index (χ1n) is 5.39. The average molecular weight is 249 g/mol. The molecule has 5 heteroatoms. The molecular formula is C13H15NO4. The van der Waals surface area contributed by atoms with Crippen LogP contribution in [0.1, 0.15) is 5.56 Å². The number of methoxy groups -OCH3 is 1. The second-order valence-electron chi connectivity index (χ2n) is 3.51. The van der Waals surface area contributed by atoms with Gasteiger partial charge < -0.3 is 15.2 Å². The molecule has 0 saturated heterocycles. The van der Waals surface area contributed by atoms with Crippen LogP contribution in [-0.2, 0) is 14.3 Å². The molecule has 1 atom stereocenters. The minimum Gasteiger partial charge on any atom is -0.467 e. The van der Waals surface area contributed by atoms with Crippen molar-refractivity contribution in [2.75, 3.05) is 13.7 Å². The molecule has 0 bridgehead atoms. The van der Waals surface area contributed by atoms with Gasteiger partial charge in [0.1, 0.15) is 0 Å². The summed E-state index contributed by atoms with van der Waals surface area (Å²) in [5.41, 5.74) is 0.867. The lowest BCUT2D eigenvalue weighted by Crippen LogP contribution is -2.43. The molecule has 2 N–H and O–H groups in total. The van der Waals surface area contributed by atoms with Crippen molar-refractivity contribution in [2.24, 2.45) is 0 Å². The van der Waals surface area contributed by atoms with Crippen molar-refractivity contribution in [2.45, 2.75) is 6.04 Å². The Morgan fingerprint density at radius 1 is 1.39 bits per heavy atom. The van der Waals surface area contributed by atoms with Crippen LogP contribution in [-0.4, -0.2) is 36.7 Å². The van der Waals surface area contributed by atoms with Crippen LogP contribution >= 0.6 is 0 Å². The van der Waals surface area contributed by atoms with Crippen molar-refractivity contribution in [1.29, 1.82) is 0 Å². The number of carbonyl (C=O) groups excluding carboxylic acids is 2. The van der Waals surface area contributed by atoms with Crippen molar-refractivity contribution >= 4 is 18.0 Å². The Hall–Kier alpha value is -2.14. The van der Waals surface area contributed by atoms with Crippen LogP contribution in [0, 0.1) is 0 Å². The van der Waals surface area contributed by atoms with E-state index in [9.17, 15) is 9.59 Å². The third-order valence-corrected chi connectivity index (χ3v) is 2.21. The van der Waals surface area contributed by atoms with E-state index in [4.69, 9.17) is 5.11 Å². The highest BCUT2D eigenvalue weighted by Gasteiger charge is 2.18. The van der Waals surface area contributed by atoms with Crippen LogP contribution in [0.2, 0.25) is 0 Å². The minimum absolute atomic E-state index is 0.469. The molecule has 1 amide bonds. The fourth-order valence-electron chi connectivity index (χ4n) is 1.28. The van der Waals surface area contributed by atoms with E-state index in [1.165, 1.54) is 13.2 Å². The summed E-state index contributed by atoms with van der Waals surface area (Å²) in [6, 6.07) is 8.21. The van der Waals surface area contributed by atoms with Gasteiger partial charge in [-0.25, -0.2) is 4.79 Å². The number of ether oxygens (including phenoxy) is 1. The van der Waals surface area contributed by atoms with Crippen molar-refractivity contribution in [1.82, 2.24) is 5.32 Å². The Labute approximate surface area is 105 Å². The third-order valence-electron chi connectivity index (χ3n) is 2.21. The third kappa shape index (κ3) is 4.39. The molecule has 0 aliphatic heterocycles. The number of esters is 1. The number of aliphatic hydroxyl groups excluding tert-OH is 1. The largest absolute Gasteiger partial charge is 0.467 e. The van der Waals surface area contributed by atoms with E-state index in [1.807, 2.05) is 30.3 Å². The van der Waals surface area contributed by atoms with E-state index in [0.717, 1.165) is 5.56 Å². The molecule has 0 unspecified atom stereocenters.